The van der Waals surface area contributed by atoms with Gasteiger partial charge in [0.2, 0.25) is 5.91 Å². The van der Waals surface area contributed by atoms with Gasteiger partial charge in [-0.1, -0.05) is 49.4 Å². The molecule has 1 saturated heterocycles. The smallest absolute Gasteiger partial charge is 0.387 e. The highest BCUT2D eigenvalue weighted by Crippen LogP contribution is 2.32. The van der Waals surface area contributed by atoms with Gasteiger partial charge in [-0.25, -0.2) is 4.79 Å². The molecule has 31 heavy (non-hydrogen) atoms. The van der Waals surface area contributed by atoms with Crippen LogP contribution in [-0.4, -0.2) is 42.4 Å². The van der Waals surface area contributed by atoms with Gasteiger partial charge in [0, 0.05) is 6.54 Å². The molecule has 1 aliphatic heterocycles. The minimum absolute atomic E-state index is 0.0548. The zero-order valence-corrected chi connectivity index (χ0v) is 16.9. The average Bonchev–Trinajstić information content (AvgIpc) is 3.00. The van der Waals surface area contributed by atoms with Crippen molar-refractivity contribution in [2.24, 2.45) is 0 Å². The van der Waals surface area contributed by atoms with Gasteiger partial charge in [-0.3, -0.25) is 14.5 Å². The van der Waals surface area contributed by atoms with Gasteiger partial charge in [-0.2, -0.15) is 8.78 Å². The molecule has 2 N–H and O–H groups in total. The number of hydrogen-bond donors (Lipinski definition) is 2. The predicted molar refractivity (Wildman–Crippen MR) is 108 cm³/mol. The molecule has 3 rings (SSSR count). The van der Waals surface area contributed by atoms with Crippen LogP contribution in [0.2, 0.25) is 0 Å². The second-order valence-electron chi connectivity index (χ2n) is 7.07. The summed E-state index contributed by atoms with van der Waals surface area (Å²) in [4.78, 5) is 38.6. The fourth-order valence-electron chi connectivity index (χ4n) is 3.52. The van der Waals surface area contributed by atoms with Gasteiger partial charge >= 0.3 is 12.6 Å². The van der Waals surface area contributed by atoms with Gasteiger partial charge in [0.15, 0.2) is 0 Å². The highest BCUT2D eigenvalue weighted by Gasteiger charge is 2.51. The summed E-state index contributed by atoms with van der Waals surface area (Å²) in [5.74, 6) is -0.878. The number of urea groups is 1. The Hall–Kier alpha value is -3.49. The molecule has 1 aliphatic rings. The monoisotopic (exact) mass is 431 g/mol. The third-order valence-corrected chi connectivity index (χ3v) is 5.16. The van der Waals surface area contributed by atoms with E-state index in [2.05, 4.69) is 15.4 Å². The van der Waals surface area contributed by atoms with Crippen LogP contribution in [0.4, 0.5) is 13.6 Å². The molecule has 0 radical (unpaired) electrons. The molecular weight excluding hydrogens is 408 g/mol. The van der Waals surface area contributed by atoms with Crippen molar-refractivity contribution < 1.29 is 27.9 Å². The molecule has 7 nitrogen and oxygen atoms in total. The second kappa shape index (κ2) is 9.55. The van der Waals surface area contributed by atoms with Crippen LogP contribution < -0.4 is 15.4 Å². The number of alkyl halides is 2. The number of carbonyl (C=O) groups excluding carboxylic acids is 3. The van der Waals surface area contributed by atoms with E-state index in [1.54, 1.807) is 43.3 Å². The Labute approximate surface area is 178 Å². The summed E-state index contributed by atoms with van der Waals surface area (Å²) in [5.41, 5.74) is 0.296. The SMILES string of the molecule is CCC1(c2ccccc2)NC(=O)N(CC(=O)NCCc2ccc(OC(F)F)cc2)C1=O. The van der Waals surface area contributed by atoms with Crippen LogP contribution >= 0.6 is 0 Å². The van der Waals surface area contributed by atoms with Gasteiger partial charge in [-0.05, 0) is 36.1 Å². The molecule has 1 heterocycles. The van der Waals surface area contributed by atoms with E-state index in [1.807, 2.05) is 6.07 Å². The van der Waals surface area contributed by atoms with Gasteiger partial charge in [-0.15, -0.1) is 0 Å². The Morgan fingerprint density at radius 1 is 1.13 bits per heavy atom. The molecule has 0 spiro atoms. The third kappa shape index (κ3) is 4.99. The highest BCUT2D eigenvalue weighted by molar-refractivity contribution is 6.09. The summed E-state index contributed by atoms with van der Waals surface area (Å²) in [6.45, 7) is -1.22. The molecule has 4 amide bonds. The van der Waals surface area contributed by atoms with Crippen molar-refractivity contribution in [3.05, 3.63) is 65.7 Å². The van der Waals surface area contributed by atoms with Crippen molar-refractivity contribution in [2.75, 3.05) is 13.1 Å². The largest absolute Gasteiger partial charge is 0.435 e. The van der Waals surface area contributed by atoms with E-state index >= 15 is 0 Å². The van der Waals surface area contributed by atoms with E-state index in [-0.39, 0.29) is 18.8 Å². The standard InChI is InChI=1S/C22H23F2N3O4/c1-2-22(16-6-4-3-5-7-16)19(29)27(21(30)26-22)14-18(28)25-13-12-15-8-10-17(11-9-15)31-20(23)24/h3-11,20H,2,12-14H2,1H3,(H,25,28)(H,26,30). The van der Waals surface area contributed by atoms with Gasteiger partial charge in [0.25, 0.3) is 5.91 Å². The summed E-state index contributed by atoms with van der Waals surface area (Å²) < 4.78 is 28.6. The van der Waals surface area contributed by atoms with Crippen LogP contribution in [0.3, 0.4) is 0 Å². The molecule has 0 aromatic heterocycles. The van der Waals surface area contributed by atoms with Crippen LogP contribution in [0, 0.1) is 0 Å². The van der Waals surface area contributed by atoms with Gasteiger partial charge in [0.1, 0.15) is 17.8 Å². The summed E-state index contributed by atoms with van der Waals surface area (Å²) in [6, 6.07) is 14.4. The Morgan fingerprint density at radius 3 is 2.42 bits per heavy atom. The fourth-order valence-corrected chi connectivity index (χ4v) is 3.52. The number of benzene rings is 2. The number of hydrogen-bond acceptors (Lipinski definition) is 4. The van der Waals surface area contributed by atoms with Crippen molar-refractivity contribution in [1.29, 1.82) is 0 Å². The number of amides is 4. The lowest BCUT2D eigenvalue weighted by atomic mass is 9.87. The maximum absolute atomic E-state index is 13.0. The summed E-state index contributed by atoms with van der Waals surface area (Å²) in [5, 5.41) is 5.40. The number of rotatable bonds is 9. The summed E-state index contributed by atoms with van der Waals surface area (Å²) in [6.07, 6.45) is 0.800. The molecule has 1 unspecified atom stereocenters. The van der Waals surface area contributed by atoms with E-state index in [0.29, 0.717) is 18.4 Å². The van der Waals surface area contributed by atoms with Gasteiger partial charge in [0.05, 0.1) is 0 Å². The number of ether oxygens (including phenoxy) is 1. The highest BCUT2D eigenvalue weighted by atomic mass is 19.3. The second-order valence-corrected chi connectivity index (χ2v) is 7.07. The maximum Gasteiger partial charge on any atom is 0.387 e. The van der Waals surface area contributed by atoms with Crippen LogP contribution in [0.15, 0.2) is 54.6 Å². The zero-order chi connectivity index (χ0) is 22.4. The fraction of sp³-hybridized carbons (Fsp3) is 0.318. The lowest BCUT2D eigenvalue weighted by molar-refractivity contribution is -0.135. The van der Waals surface area contributed by atoms with Crippen molar-refractivity contribution in [3.63, 3.8) is 0 Å². The normalized spacial score (nSPS) is 18.3. The van der Waals surface area contributed by atoms with Crippen molar-refractivity contribution in [3.8, 4) is 5.75 Å². The number of carbonyl (C=O) groups is 3. The topological polar surface area (TPSA) is 87.7 Å². The van der Waals surface area contributed by atoms with E-state index in [9.17, 15) is 23.2 Å². The summed E-state index contributed by atoms with van der Waals surface area (Å²) in [7, 11) is 0. The van der Waals surface area contributed by atoms with Crippen LogP contribution in [0.1, 0.15) is 24.5 Å². The maximum atomic E-state index is 13.0. The quantitative estimate of drug-likeness (QED) is 0.598. The molecule has 2 aromatic rings. The van der Waals surface area contributed by atoms with Crippen molar-refractivity contribution >= 4 is 17.8 Å². The van der Waals surface area contributed by atoms with Crippen molar-refractivity contribution in [1.82, 2.24) is 15.5 Å². The van der Waals surface area contributed by atoms with E-state index in [1.165, 1.54) is 12.1 Å². The Kier molecular flexibility index (Phi) is 6.84. The first-order valence-corrected chi connectivity index (χ1v) is 9.86. The lowest BCUT2D eigenvalue weighted by Crippen LogP contribution is -2.45. The Bertz CT molecular complexity index is 938. The number of nitrogens with one attached hydrogen (secondary N) is 2. The minimum Gasteiger partial charge on any atom is -0.435 e. The van der Waals surface area contributed by atoms with E-state index in [4.69, 9.17) is 0 Å². The first-order chi connectivity index (χ1) is 14.9. The van der Waals surface area contributed by atoms with Gasteiger partial charge < -0.3 is 15.4 Å². The first-order valence-electron chi connectivity index (χ1n) is 9.86. The number of nitrogens with zero attached hydrogens (tertiary/aromatic N) is 1. The van der Waals surface area contributed by atoms with E-state index < -0.39 is 30.0 Å². The lowest BCUT2D eigenvalue weighted by Gasteiger charge is -2.25. The minimum atomic E-state index is -2.89. The third-order valence-electron chi connectivity index (χ3n) is 5.16. The molecule has 0 bridgehead atoms. The van der Waals surface area contributed by atoms with Crippen LogP contribution in [0.25, 0.3) is 0 Å². The molecule has 1 atom stereocenters. The van der Waals surface area contributed by atoms with Crippen LogP contribution in [0.5, 0.6) is 5.75 Å². The molecule has 1 fully saturated rings. The Morgan fingerprint density at radius 2 is 1.81 bits per heavy atom. The summed E-state index contributed by atoms with van der Waals surface area (Å²) >= 11 is 0. The molecule has 0 aliphatic carbocycles. The van der Waals surface area contributed by atoms with Crippen molar-refractivity contribution in [2.45, 2.75) is 31.9 Å². The molecule has 0 saturated carbocycles. The number of imide groups is 1. The molecule has 164 valence electrons. The molecule has 2 aromatic carbocycles. The number of halogens is 2. The Balaban J connectivity index is 1.54. The first kappa shape index (κ1) is 22.2. The molecular formula is C22H23F2N3O4. The molecule has 9 heteroatoms. The predicted octanol–water partition coefficient (Wildman–Crippen LogP) is 2.80. The average molecular weight is 431 g/mol. The van der Waals surface area contributed by atoms with Crippen LogP contribution in [-0.2, 0) is 21.5 Å². The van der Waals surface area contributed by atoms with E-state index in [0.717, 1.165) is 10.5 Å². The zero-order valence-electron chi connectivity index (χ0n) is 16.9.